The maximum Gasteiger partial charge on any atom is 0.334 e. The summed E-state index contributed by atoms with van der Waals surface area (Å²) >= 11 is 0. The number of rotatable bonds is 4. The van der Waals surface area contributed by atoms with E-state index in [4.69, 9.17) is 4.84 Å². The van der Waals surface area contributed by atoms with Crippen molar-refractivity contribution in [3.8, 4) is 11.5 Å². The number of phenolic OH excluding ortho intramolecular Hbond substituents is 2. The highest BCUT2D eigenvalue weighted by atomic mass is 16.7. The molecule has 2 aromatic rings. The van der Waals surface area contributed by atoms with Crippen molar-refractivity contribution in [3.63, 3.8) is 0 Å². The number of benzene rings is 2. The maximum atomic E-state index is 12.9. The quantitative estimate of drug-likeness (QED) is 0.317. The van der Waals surface area contributed by atoms with Gasteiger partial charge in [-0.25, -0.2) is 4.79 Å². The number of phenols is 2. The van der Waals surface area contributed by atoms with E-state index in [2.05, 4.69) is 5.16 Å². The molecule has 0 spiro atoms. The molecule has 0 bridgehead atoms. The molecular formula is C20H17NO6. The minimum atomic E-state index is -0.573. The molecule has 0 unspecified atom stereocenters. The Bertz CT molecular complexity index is 1010. The summed E-state index contributed by atoms with van der Waals surface area (Å²) in [7, 11) is 0. The summed E-state index contributed by atoms with van der Waals surface area (Å²) in [6, 6.07) is 7.35. The lowest BCUT2D eigenvalue weighted by molar-refractivity contribution is -0.143. The van der Waals surface area contributed by atoms with Crippen LogP contribution in [-0.4, -0.2) is 33.5 Å². The minimum absolute atomic E-state index is 0.0261. The molecule has 1 aliphatic rings. The molecule has 0 aromatic heterocycles. The fourth-order valence-corrected chi connectivity index (χ4v) is 2.95. The standard InChI is InChI=1S/C20H17NO6/c1-3-13(21-27-15(23)4-2)12-9-14(22)16-17(20(12)26)19(25)11-8-6-5-7-10(11)18(16)24/h5-9,22,26H,3-4H2,1-2H3/b21-13+. The first-order chi connectivity index (χ1) is 12.9. The molecule has 7 nitrogen and oxygen atoms in total. The number of hydrogen-bond acceptors (Lipinski definition) is 7. The van der Waals surface area contributed by atoms with Gasteiger partial charge in [0.15, 0.2) is 11.6 Å². The van der Waals surface area contributed by atoms with Gasteiger partial charge < -0.3 is 15.1 Å². The maximum absolute atomic E-state index is 12.9. The highest BCUT2D eigenvalue weighted by molar-refractivity contribution is 6.31. The molecule has 0 heterocycles. The molecule has 0 amide bonds. The van der Waals surface area contributed by atoms with Crippen molar-refractivity contribution >= 4 is 23.2 Å². The Labute approximate surface area is 154 Å². The van der Waals surface area contributed by atoms with Crippen LogP contribution in [0.2, 0.25) is 0 Å². The average molecular weight is 367 g/mol. The van der Waals surface area contributed by atoms with E-state index >= 15 is 0 Å². The summed E-state index contributed by atoms with van der Waals surface area (Å²) in [6.45, 7) is 3.31. The van der Waals surface area contributed by atoms with E-state index in [9.17, 15) is 24.6 Å². The Morgan fingerprint density at radius 1 is 1.00 bits per heavy atom. The SMILES string of the molecule is CCC(=O)O/N=C(\CC)c1cc(O)c2c(c1O)C(=O)c1ccccc1C2=O. The molecule has 0 aliphatic heterocycles. The van der Waals surface area contributed by atoms with Gasteiger partial charge in [0.1, 0.15) is 11.5 Å². The summed E-state index contributed by atoms with van der Waals surface area (Å²) in [5.41, 5.74) is -0.0322. The zero-order valence-corrected chi connectivity index (χ0v) is 14.8. The first-order valence-electron chi connectivity index (χ1n) is 8.45. The summed E-state index contributed by atoms with van der Waals surface area (Å²) in [5, 5.41) is 24.8. The largest absolute Gasteiger partial charge is 0.507 e. The van der Waals surface area contributed by atoms with Crippen LogP contribution in [0, 0.1) is 0 Å². The number of nitrogens with zero attached hydrogens (tertiary/aromatic N) is 1. The Morgan fingerprint density at radius 2 is 1.59 bits per heavy atom. The Hall–Kier alpha value is -3.48. The van der Waals surface area contributed by atoms with E-state index in [0.717, 1.165) is 6.07 Å². The second-order valence-corrected chi connectivity index (χ2v) is 5.95. The van der Waals surface area contributed by atoms with Crippen molar-refractivity contribution in [2.75, 3.05) is 0 Å². The number of oxime groups is 1. The first-order valence-corrected chi connectivity index (χ1v) is 8.45. The van der Waals surface area contributed by atoms with Crippen molar-refractivity contribution in [2.24, 2.45) is 5.16 Å². The Morgan fingerprint density at radius 3 is 2.15 bits per heavy atom. The van der Waals surface area contributed by atoms with E-state index < -0.39 is 29.0 Å². The minimum Gasteiger partial charge on any atom is -0.507 e. The molecule has 0 radical (unpaired) electrons. The van der Waals surface area contributed by atoms with Crippen LogP contribution in [0.15, 0.2) is 35.5 Å². The highest BCUT2D eigenvalue weighted by Gasteiger charge is 2.36. The number of aromatic hydroxyl groups is 2. The lowest BCUT2D eigenvalue weighted by Gasteiger charge is -2.21. The molecule has 1 aliphatic carbocycles. The summed E-state index contributed by atoms with van der Waals surface area (Å²) in [6.07, 6.45) is 0.368. The van der Waals surface area contributed by atoms with E-state index in [0.29, 0.717) is 0 Å². The molecule has 7 heteroatoms. The fourth-order valence-electron chi connectivity index (χ4n) is 2.95. The van der Waals surface area contributed by atoms with Gasteiger partial charge in [0.25, 0.3) is 0 Å². The van der Waals surface area contributed by atoms with E-state index in [1.54, 1.807) is 26.0 Å². The molecule has 27 heavy (non-hydrogen) atoms. The highest BCUT2D eigenvalue weighted by Crippen LogP contribution is 2.40. The third-order valence-electron chi connectivity index (χ3n) is 4.34. The average Bonchev–Trinajstić information content (AvgIpc) is 2.68. The molecular weight excluding hydrogens is 350 g/mol. The van der Waals surface area contributed by atoms with Gasteiger partial charge in [-0.15, -0.1) is 0 Å². The number of hydrogen-bond donors (Lipinski definition) is 2. The van der Waals surface area contributed by atoms with Crippen molar-refractivity contribution < 1.29 is 29.4 Å². The predicted molar refractivity (Wildman–Crippen MR) is 96.3 cm³/mol. The smallest absolute Gasteiger partial charge is 0.334 e. The zero-order valence-electron chi connectivity index (χ0n) is 14.8. The zero-order chi connectivity index (χ0) is 19.7. The molecule has 0 fully saturated rings. The van der Waals surface area contributed by atoms with Crippen LogP contribution in [0.5, 0.6) is 11.5 Å². The predicted octanol–water partition coefficient (Wildman–Crippen LogP) is 2.94. The third kappa shape index (κ3) is 2.97. The van der Waals surface area contributed by atoms with Gasteiger partial charge in [0.05, 0.1) is 16.8 Å². The molecule has 0 atom stereocenters. The van der Waals surface area contributed by atoms with Crippen LogP contribution in [0.1, 0.15) is 64.1 Å². The van der Waals surface area contributed by atoms with Gasteiger partial charge in [0, 0.05) is 23.1 Å². The second-order valence-electron chi connectivity index (χ2n) is 5.95. The second kappa shape index (κ2) is 7.03. The van der Waals surface area contributed by atoms with Gasteiger partial charge in [-0.2, -0.15) is 0 Å². The van der Waals surface area contributed by atoms with Crippen molar-refractivity contribution in [2.45, 2.75) is 26.7 Å². The lowest BCUT2D eigenvalue weighted by atomic mass is 9.81. The van der Waals surface area contributed by atoms with Crippen LogP contribution in [0.4, 0.5) is 0 Å². The lowest BCUT2D eigenvalue weighted by Crippen LogP contribution is -2.22. The van der Waals surface area contributed by atoms with E-state index in [1.165, 1.54) is 12.1 Å². The molecule has 0 saturated carbocycles. The topological polar surface area (TPSA) is 113 Å². The molecule has 0 saturated heterocycles. The van der Waals surface area contributed by atoms with Gasteiger partial charge in [-0.1, -0.05) is 43.3 Å². The summed E-state index contributed by atoms with van der Waals surface area (Å²) in [5.74, 6) is -2.62. The van der Waals surface area contributed by atoms with Gasteiger partial charge in [-0.3, -0.25) is 9.59 Å². The normalized spacial score (nSPS) is 13.2. The van der Waals surface area contributed by atoms with Gasteiger partial charge in [0.2, 0.25) is 0 Å². The van der Waals surface area contributed by atoms with Crippen molar-refractivity contribution in [1.82, 2.24) is 0 Å². The van der Waals surface area contributed by atoms with Crippen molar-refractivity contribution in [1.29, 1.82) is 0 Å². The summed E-state index contributed by atoms with van der Waals surface area (Å²) in [4.78, 5) is 41.6. The molecule has 2 aromatic carbocycles. The van der Waals surface area contributed by atoms with E-state index in [1.807, 2.05) is 0 Å². The van der Waals surface area contributed by atoms with Crippen LogP contribution in [-0.2, 0) is 9.63 Å². The van der Waals surface area contributed by atoms with Crippen molar-refractivity contribution in [3.05, 3.63) is 58.1 Å². The number of carbonyl (C=O) groups is 3. The van der Waals surface area contributed by atoms with Crippen LogP contribution >= 0.6 is 0 Å². The Kier molecular flexibility index (Phi) is 4.77. The van der Waals surface area contributed by atoms with Gasteiger partial charge >= 0.3 is 5.97 Å². The number of carbonyl (C=O) groups excluding carboxylic acids is 3. The fraction of sp³-hybridized carbons (Fsp3) is 0.200. The first kappa shape index (κ1) is 18.3. The number of ketones is 2. The van der Waals surface area contributed by atoms with Crippen LogP contribution < -0.4 is 0 Å². The molecule has 2 N–H and O–H groups in total. The third-order valence-corrected chi connectivity index (χ3v) is 4.34. The summed E-state index contributed by atoms with van der Waals surface area (Å²) < 4.78 is 0. The van der Waals surface area contributed by atoms with Crippen LogP contribution in [0.3, 0.4) is 0 Å². The van der Waals surface area contributed by atoms with Gasteiger partial charge in [-0.05, 0) is 12.5 Å². The van der Waals surface area contributed by atoms with Crippen LogP contribution in [0.25, 0.3) is 0 Å². The molecule has 3 rings (SSSR count). The Balaban J connectivity index is 2.20. The molecule has 138 valence electrons. The monoisotopic (exact) mass is 367 g/mol. The number of fused-ring (bicyclic) bond motifs is 2. The van der Waals surface area contributed by atoms with E-state index in [-0.39, 0.29) is 46.4 Å².